The Morgan fingerprint density at radius 2 is 1.57 bits per heavy atom. The summed E-state index contributed by atoms with van der Waals surface area (Å²) in [5.74, 6) is 0.535. The van der Waals surface area contributed by atoms with Crippen molar-refractivity contribution in [3.63, 3.8) is 0 Å². The maximum atomic E-state index is 13.9. The smallest absolute Gasteiger partial charge is 0.123 e. The molecule has 4 rings (SSSR count). The summed E-state index contributed by atoms with van der Waals surface area (Å²) in [6.45, 7) is 1.93. The van der Waals surface area contributed by atoms with E-state index in [0.29, 0.717) is 11.8 Å². The second-order valence-corrected chi connectivity index (χ2v) is 6.91. The van der Waals surface area contributed by atoms with Gasteiger partial charge in [-0.2, -0.15) is 0 Å². The number of halogens is 2. The zero-order chi connectivity index (χ0) is 15.9. The van der Waals surface area contributed by atoms with E-state index in [-0.39, 0.29) is 17.0 Å². The van der Waals surface area contributed by atoms with Crippen molar-refractivity contribution in [1.29, 1.82) is 0 Å². The second kappa shape index (κ2) is 5.72. The molecule has 23 heavy (non-hydrogen) atoms. The van der Waals surface area contributed by atoms with E-state index >= 15 is 0 Å². The van der Waals surface area contributed by atoms with Crippen LogP contribution in [0.1, 0.15) is 30.4 Å². The summed E-state index contributed by atoms with van der Waals surface area (Å²) in [5.41, 5.74) is 1.68. The molecule has 2 atom stereocenters. The van der Waals surface area contributed by atoms with Crippen molar-refractivity contribution in [2.75, 3.05) is 13.1 Å². The van der Waals surface area contributed by atoms with Crippen LogP contribution in [-0.2, 0) is 5.41 Å². The van der Waals surface area contributed by atoms with Crippen LogP contribution in [0.25, 0.3) is 0 Å². The lowest BCUT2D eigenvalue weighted by molar-refractivity contribution is 0.188. The first kappa shape index (κ1) is 14.8. The average molecular weight is 313 g/mol. The van der Waals surface area contributed by atoms with Crippen molar-refractivity contribution in [2.45, 2.75) is 24.7 Å². The van der Waals surface area contributed by atoms with Crippen LogP contribution in [0, 0.1) is 23.5 Å². The van der Waals surface area contributed by atoms with Crippen molar-refractivity contribution in [3.05, 3.63) is 71.3 Å². The van der Waals surface area contributed by atoms with Gasteiger partial charge < -0.3 is 5.32 Å². The number of hydrogen-bond donors (Lipinski definition) is 1. The Bertz CT molecular complexity index is 667. The number of fused-ring (bicyclic) bond motifs is 1. The van der Waals surface area contributed by atoms with Crippen molar-refractivity contribution in [3.8, 4) is 0 Å². The molecule has 2 aliphatic rings. The highest BCUT2D eigenvalue weighted by Crippen LogP contribution is 2.52. The van der Waals surface area contributed by atoms with Crippen LogP contribution < -0.4 is 5.32 Å². The molecule has 2 aromatic carbocycles. The lowest BCUT2D eigenvalue weighted by Crippen LogP contribution is -2.43. The largest absolute Gasteiger partial charge is 0.316 e. The van der Waals surface area contributed by atoms with E-state index in [2.05, 4.69) is 5.32 Å². The van der Waals surface area contributed by atoms with Crippen LogP contribution in [0.5, 0.6) is 0 Å². The third-order valence-corrected chi connectivity index (χ3v) is 5.80. The molecule has 120 valence electrons. The summed E-state index contributed by atoms with van der Waals surface area (Å²) < 4.78 is 27.9. The van der Waals surface area contributed by atoms with Crippen LogP contribution in [0.15, 0.2) is 48.5 Å². The van der Waals surface area contributed by atoms with Gasteiger partial charge in [-0.05, 0) is 73.2 Å². The molecule has 0 spiro atoms. The van der Waals surface area contributed by atoms with E-state index in [1.807, 2.05) is 12.1 Å². The highest BCUT2D eigenvalue weighted by molar-refractivity contribution is 5.42. The first-order chi connectivity index (χ1) is 11.2. The minimum atomic E-state index is -0.295. The van der Waals surface area contributed by atoms with Crippen LogP contribution in [0.4, 0.5) is 8.78 Å². The molecule has 1 N–H and O–H groups in total. The van der Waals surface area contributed by atoms with Gasteiger partial charge in [0.15, 0.2) is 0 Å². The summed E-state index contributed by atoms with van der Waals surface area (Å²) in [6, 6.07) is 13.8. The first-order valence-electron chi connectivity index (χ1n) is 8.43. The maximum Gasteiger partial charge on any atom is 0.123 e. The normalized spacial score (nSPS) is 26.0. The standard InChI is InChI=1S/C20H21F2N/c21-17-7-1-5-15(10-17)20(16-6-2-8-18(22)11-16)9-3-4-14-12-23-13-19(14)20/h1-2,5-8,10-11,14,19,23H,3-4,9,12-13H2. The van der Waals surface area contributed by atoms with Gasteiger partial charge in [-0.3, -0.25) is 0 Å². The predicted molar refractivity (Wildman–Crippen MR) is 87.3 cm³/mol. The molecule has 1 saturated carbocycles. The van der Waals surface area contributed by atoms with Gasteiger partial charge in [-0.25, -0.2) is 8.78 Å². The fourth-order valence-electron chi connectivity index (χ4n) is 4.86. The van der Waals surface area contributed by atoms with Gasteiger partial charge in [0.25, 0.3) is 0 Å². The van der Waals surface area contributed by atoms with Gasteiger partial charge in [0.2, 0.25) is 0 Å². The number of hydrogen-bond acceptors (Lipinski definition) is 1. The Morgan fingerprint density at radius 3 is 2.17 bits per heavy atom. The van der Waals surface area contributed by atoms with E-state index in [9.17, 15) is 8.78 Å². The zero-order valence-corrected chi connectivity index (χ0v) is 13.1. The Hall–Kier alpha value is -1.74. The lowest BCUT2D eigenvalue weighted by atomic mass is 9.56. The maximum absolute atomic E-state index is 13.9. The average Bonchev–Trinajstić information content (AvgIpc) is 3.03. The van der Waals surface area contributed by atoms with E-state index in [1.54, 1.807) is 24.3 Å². The number of rotatable bonds is 2. The minimum absolute atomic E-state index is 0.216. The molecule has 2 unspecified atom stereocenters. The summed E-state index contributed by atoms with van der Waals surface area (Å²) in [4.78, 5) is 0. The first-order valence-corrected chi connectivity index (χ1v) is 8.43. The topological polar surface area (TPSA) is 12.0 Å². The Morgan fingerprint density at radius 1 is 0.913 bits per heavy atom. The second-order valence-electron chi connectivity index (χ2n) is 6.91. The molecule has 2 fully saturated rings. The summed E-state index contributed by atoms with van der Waals surface area (Å²) in [7, 11) is 0. The summed E-state index contributed by atoms with van der Waals surface area (Å²) >= 11 is 0. The van der Waals surface area contributed by atoms with Gasteiger partial charge in [-0.1, -0.05) is 30.7 Å². The zero-order valence-electron chi connectivity index (χ0n) is 13.1. The Kier molecular flexibility index (Phi) is 3.68. The highest BCUT2D eigenvalue weighted by atomic mass is 19.1. The molecule has 1 saturated heterocycles. The van der Waals surface area contributed by atoms with E-state index < -0.39 is 0 Å². The van der Waals surface area contributed by atoms with E-state index in [0.717, 1.165) is 37.1 Å². The van der Waals surface area contributed by atoms with Crippen LogP contribution in [-0.4, -0.2) is 13.1 Å². The fourth-order valence-corrected chi connectivity index (χ4v) is 4.86. The van der Waals surface area contributed by atoms with Crippen molar-refractivity contribution in [1.82, 2.24) is 5.32 Å². The molecule has 0 amide bonds. The molecule has 1 aliphatic heterocycles. The molecule has 0 radical (unpaired) electrons. The summed E-state index contributed by atoms with van der Waals surface area (Å²) in [6.07, 6.45) is 3.24. The number of nitrogens with one attached hydrogen (secondary N) is 1. The quantitative estimate of drug-likeness (QED) is 0.873. The fraction of sp³-hybridized carbons (Fsp3) is 0.400. The molecule has 1 nitrogen and oxygen atoms in total. The lowest BCUT2D eigenvalue weighted by Gasteiger charge is -2.46. The number of benzene rings is 2. The molecule has 1 heterocycles. The molecule has 0 bridgehead atoms. The highest BCUT2D eigenvalue weighted by Gasteiger charge is 2.49. The van der Waals surface area contributed by atoms with Gasteiger partial charge in [0, 0.05) is 5.41 Å². The summed E-state index contributed by atoms with van der Waals surface area (Å²) in [5, 5.41) is 3.50. The van der Waals surface area contributed by atoms with Crippen LogP contribution in [0.3, 0.4) is 0 Å². The third-order valence-electron chi connectivity index (χ3n) is 5.80. The molecule has 2 aromatic rings. The third kappa shape index (κ3) is 2.38. The van der Waals surface area contributed by atoms with Gasteiger partial charge in [0.1, 0.15) is 11.6 Å². The monoisotopic (exact) mass is 313 g/mol. The minimum Gasteiger partial charge on any atom is -0.316 e. The van der Waals surface area contributed by atoms with Crippen LogP contribution >= 0.6 is 0 Å². The van der Waals surface area contributed by atoms with Gasteiger partial charge >= 0.3 is 0 Å². The Labute approximate surface area is 135 Å². The van der Waals surface area contributed by atoms with Crippen LogP contribution in [0.2, 0.25) is 0 Å². The predicted octanol–water partition coefficient (Wildman–Crippen LogP) is 4.27. The van der Waals surface area contributed by atoms with Crippen molar-refractivity contribution in [2.24, 2.45) is 11.8 Å². The molecule has 3 heteroatoms. The SMILES string of the molecule is Fc1cccc(C2(c3cccc(F)c3)CCCC3CNCC32)c1. The van der Waals surface area contributed by atoms with Crippen molar-refractivity contribution >= 4 is 0 Å². The van der Waals surface area contributed by atoms with E-state index in [1.165, 1.54) is 18.6 Å². The molecular weight excluding hydrogens is 292 g/mol. The molecule has 0 aromatic heterocycles. The van der Waals surface area contributed by atoms with Gasteiger partial charge in [0.05, 0.1) is 0 Å². The molecule has 1 aliphatic carbocycles. The molecular formula is C20H21F2N. The van der Waals surface area contributed by atoms with Crippen molar-refractivity contribution < 1.29 is 8.78 Å². The Balaban J connectivity index is 1.93. The van der Waals surface area contributed by atoms with Gasteiger partial charge in [-0.15, -0.1) is 0 Å². The van der Waals surface area contributed by atoms with E-state index in [4.69, 9.17) is 0 Å².